The van der Waals surface area contributed by atoms with E-state index < -0.39 is 5.97 Å². The molecule has 116 valence electrons. The SMILES string of the molecule is CC(=O)c1csc(C(=O)NCCCCCCCC(=O)O)c1. The van der Waals surface area contributed by atoms with Crippen molar-refractivity contribution in [2.45, 2.75) is 45.4 Å². The van der Waals surface area contributed by atoms with Gasteiger partial charge in [-0.2, -0.15) is 0 Å². The molecule has 6 heteroatoms. The number of amides is 1. The van der Waals surface area contributed by atoms with Crippen molar-refractivity contribution in [2.24, 2.45) is 0 Å². The van der Waals surface area contributed by atoms with Gasteiger partial charge >= 0.3 is 5.97 Å². The maximum absolute atomic E-state index is 11.8. The van der Waals surface area contributed by atoms with Gasteiger partial charge in [0.1, 0.15) is 0 Å². The van der Waals surface area contributed by atoms with E-state index in [-0.39, 0.29) is 18.1 Å². The fourth-order valence-corrected chi connectivity index (χ4v) is 2.72. The van der Waals surface area contributed by atoms with Crippen molar-refractivity contribution in [2.75, 3.05) is 6.54 Å². The average Bonchev–Trinajstić information content (AvgIpc) is 2.91. The topological polar surface area (TPSA) is 83.5 Å². The van der Waals surface area contributed by atoms with Gasteiger partial charge in [-0.25, -0.2) is 0 Å². The van der Waals surface area contributed by atoms with Crippen LogP contribution in [0.2, 0.25) is 0 Å². The van der Waals surface area contributed by atoms with Crippen LogP contribution < -0.4 is 5.32 Å². The van der Waals surface area contributed by atoms with Crippen LogP contribution in [-0.4, -0.2) is 29.3 Å². The summed E-state index contributed by atoms with van der Waals surface area (Å²) in [6, 6.07) is 1.62. The standard InChI is InChI=1S/C15H21NO4S/c1-11(17)12-9-13(21-10-12)15(20)16-8-6-4-2-3-5-7-14(18)19/h9-10H,2-8H2,1H3,(H,16,20)(H,18,19). The second-order valence-corrected chi connectivity index (χ2v) is 5.83. The summed E-state index contributed by atoms with van der Waals surface area (Å²) in [5, 5.41) is 13.0. The number of hydrogen-bond acceptors (Lipinski definition) is 4. The van der Waals surface area contributed by atoms with E-state index in [2.05, 4.69) is 5.32 Å². The monoisotopic (exact) mass is 311 g/mol. The fourth-order valence-electron chi connectivity index (χ4n) is 1.86. The van der Waals surface area contributed by atoms with Crippen molar-refractivity contribution in [3.63, 3.8) is 0 Å². The molecule has 0 radical (unpaired) electrons. The van der Waals surface area contributed by atoms with Crippen LogP contribution in [0.1, 0.15) is 65.5 Å². The number of rotatable bonds is 10. The van der Waals surface area contributed by atoms with E-state index in [1.165, 1.54) is 18.3 Å². The molecule has 1 amide bonds. The fraction of sp³-hybridized carbons (Fsp3) is 0.533. The van der Waals surface area contributed by atoms with Crippen LogP contribution in [0, 0.1) is 0 Å². The molecule has 2 N–H and O–H groups in total. The zero-order valence-corrected chi connectivity index (χ0v) is 13.0. The van der Waals surface area contributed by atoms with Crippen molar-refractivity contribution in [1.82, 2.24) is 5.32 Å². The lowest BCUT2D eigenvalue weighted by Gasteiger charge is -2.03. The summed E-state index contributed by atoms with van der Waals surface area (Å²) < 4.78 is 0. The molecule has 0 fully saturated rings. The zero-order chi connectivity index (χ0) is 15.7. The lowest BCUT2D eigenvalue weighted by molar-refractivity contribution is -0.137. The zero-order valence-electron chi connectivity index (χ0n) is 12.2. The van der Waals surface area contributed by atoms with Crippen molar-refractivity contribution >= 4 is 29.0 Å². The number of hydrogen-bond donors (Lipinski definition) is 2. The smallest absolute Gasteiger partial charge is 0.303 e. The summed E-state index contributed by atoms with van der Waals surface area (Å²) in [7, 11) is 0. The quantitative estimate of drug-likeness (QED) is 0.514. The third-order valence-electron chi connectivity index (χ3n) is 3.08. The summed E-state index contributed by atoms with van der Waals surface area (Å²) in [5.41, 5.74) is 0.573. The van der Waals surface area contributed by atoms with Gasteiger partial charge in [0, 0.05) is 23.9 Å². The summed E-state index contributed by atoms with van der Waals surface area (Å²) in [5.74, 6) is -0.923. The number of unbranched alkanes of at least 4 members (excludes halogenated alkanes) is 4. The Bertz CT molecular complexity index is 496. The van der Waals surface area contributed by atoms with E-state index in [9.17, 15) is 14.4 Å². The van der Waals surface area contributed by atoms with Gasteiger partial charge in [0.15, 0.2) is 5.78 Å². The van der Waals surface area contributed by atoms with E-state index in [0.29, 0.717) is 23.4 Å². The predicted molar refractivity (Wildman–Crippen MR) is 82.0 cm³/mol. The lowest BCUT2D eigenvalue weighted by Crippen LogP contribution is -2.23. The number of nitrogens with one attached hydrogen (secondary N) is 1. The molecule has 0 saturated carbocycles. The molecule has 5 nitrogen and oxygen atoms in total. The van der Waals surface area contributed by atoms with Crippen molar-refractivity contribution in [3.05, 3.63) is 21.9 Å². The highest BCUT2D eigenvalue weighted by Gasteiger charge is 2.10. The van der Waals surface area contributed by atoms with Crippen molar-refractivity contribution in [1.29, 1.82) is 0 Å². The number of aliphatic carboxylic acids is 1. The molecule has 0 bridgehead atoms. The van der Waals surface area contributed by atoms with Gasteiger partial charge in [-0.3, -0.25) is 14.4 Å². The molecule has 0 aliphatic rings. The summed E-state index contributed by atoms with van der Waals surface area (Å²) in [4.78, 5) is 33.8. The first-order chi connectivity index (χ1) is 10.0. The van der Waals surface area contributed by atoms with Crippen LogP contribution in [0.25, 0.3) is 0 Å². The molecule has 21 heavy (non-hydrogen) atoms. The number of ketones is 1. The van der Waals surface area contributed by atoms with Gasteiger partial charge in [-0.1, -0.05) is 19.3 Å². The lowest BCUT2D eigenvalue weighted by atomic mass is 10.1. The minimum Gasteiger partial charge on any atom is -0.481 e. The van der Waals surface area contributed by atoms with Gasteiger partial charge in [0.25, 0.3) is 5.91 Å². The number of thiophene rings is 1. The Morgan fingerprint density at radius 3 is 2.43 bits per heavy atom. The third kappa shape index (κ3) is 7.04. The van der Waals surface area contributed by atoms with Crippen LogP contribution in [-0.2, 0) is 4.79 Å². The molecule has 1 aromatic rings. The van der Waals surface area contributed by atoms with Crippen LogP contribution in [0.5, 0.6) is 0 Å². The van der Waals surface area contributed by atoms with Gasteiger partial charge in [-0.15, -0.1) is 11.3 Å². The maximum Gasteiger partial charge on any atom is 0.303 e. The highest BCUT2D eigenvalue weighted by molar-refractivity contribution is 7.12. The molecule has 0 spiro atoms. The first-order valence-corrected chi connectivity index (χ1v) is 7.98. The van der Waals surface area contributed by atoms with Crippen LogP contribution >= 0.6 is 11.3 Å². The Morgan fingerprint density at radius 1 is 1.14 bits per heavy atom. The average molecular weight is 311 g/mol. The molecule has 0 aliphatic carbocycles. The van der Waals surface area contributed by atoms with Crippen LogP contribution in [0.15, 0.2) is 11.4 Å². The summed E-state index contributed by atoms with van der Waals surface area (Å²) in [6.45, 7) is 2.08. The molecule has 0 saturated heterocycles. The van der Waals surface area contributed by atoms with E-state index in [4.69, 9.17) is 5.11 Å². The molecule has 1 rings (SSSR count). The van der Waals surface area contributed by atoms with Crippen LogP contribution in [0.4, 0.5) is 0 Å². The molecule has 1 aromatic heterocycles. The largest absolute Gasteiger partial charge is 0.481 e. The first kappa shape index (κ1) is 17.4. The van der Waals surface area contributed by atoms with E-state index in [0.717, 1.165) is 25.7 Å². The first-order valence-electron chi connectivity index (χ1n) is 7.10. The Balaban J connectivity index is 2.10. The molecule has 0 atom stereocenters. The second kappa shape index (κ2) is 9.28. The van der Waals surface area contributed by atoms with E-state index >= 15 is 0 Å². The highest BCUT2D eigenvalue weighted by atomic mass is 32.1. The third-order valence-corrected chi connectivity index (χ3v) is 4.01. The van der Waals surface area contributed by atoms with Gasteiger partial charge in [-0.05, 0) is 25.8 Å². The Labute approximate surface area is 128 Å². The Kier molecular flexibility index (Phi) is 7.68. The van der Waals surface area contributed by atoms with E-state index in [1.807, 2.05) is 0 Å². The Morgan fingerprint density at radius 2 is 1.81 bits per heavy atom. The summed E-state index contributed by atoms with van der Waals surface area (Å²) in [6.07, 6.45) is 4.69. The maximum atomic E-state index is 11.8. The molecule has 0 unspecified atom stereocenters. The van der Waals surface area contributed by atoms with E-state index in [1.54, 1.807) is 11.4 Å². The molecular formula is C15H21NO4S. The second-order valence-electron chi connectivity index (χ2n) is 4.92. The Hall–Kier alpha value is -1.69. The molecular weight excluding hydrogens is 290 g/mol. The molecule has 0 aliphatic heterocycles. The highest BCUT2D eigenvalue weighted by Crippen LogP contribution is 2.15. The minimum atomic E-state index is -0.747. The molecule has 0 aromatic carbocycles. The van der Waals surface area contributed by atoms with Crippen molar-refractivity contribution in [3.8, 4) is 0 Å². The summed E-state index contributed by atoms with van der Waals surface area (Å²) >= 11 is 1.28. The predicted octanol–water partition coefficient (Wildman–Crippen LogP) is 3.11. The normalized spacial score (nSPS) is 10.3. The van der Waals surface area contributed by atoms with Crippen LogP contribution in [0.3, 0.4) is 0 Å². The number of carboxylic acids is 1. The number of carbonyl (C=O) groups is 3. The molecule has 1 heterocycles. The number of Topliss-reactive ketones (excluding diaryl/α,β-unsaturated/α-hetero) is 1. The van der Waals surface area contributed by atoms with Gasteiger partial charge in [0.05, 0.1) is 4.88 Å². The number of carboxylic acid groups (broad SMARTS) is 1. The van der Waals surface area contributed by atoms with Gasteiger partial charge < -0.3 is 10.4 Å². The van der Waals surface area contributed by atoms with Crippen molar-refractivity contribution < 1.29 is 19.5 Å². The number of carbonyl (C=O) groups excluding carboxylic acids is 2. The van der Waals surface area contributed by atoms with Gasteiger partial charge in [0.2, 0.25) is 0 Å². The minimum absolute atomic E-state index is 0.0355.